The first-order valence-corrected chi connectivity index (χ1v) is 10.4. The van der Waals surface area contributed by atoms with E-state index in [-0.39, 0.29) is 16.8 Å². The van der Waals surface area contributed by atoms with Gasteiger partial charge < -0.3 is 15.0 Å². The lowest BCUT2D eigenvalue weighted by atomic mass is 10.1. The molecule has 10 heteroatoms. The van der Waals surface area contributed by atoms with Crippen molar-refractivity contribution in [2.75, 3.05) is 36.5 Å². The van der Waals surface area contributed by atoms with Crippen molar-refractivity contribution in [3.63, 3.8) is 0 Å². The van der Waals surface area contributed by atoms with E-state index in [1.54, 1.807) is 19.1 Å². The largest absolute Gasteiger partial charge is 0.416 e. The van der Waals surface area contributed by atoms with Gasteiger partial charge in [0.05, 0.1) is 41.3 Å². The van der Waals surface area contributed by atoms with Crippen molar-refractivity contribution in [2.24, 2.45) is 0 Å². The first-order chi connectivity index (χ1) is 15.6. The van der Waals surface area contributed by atoms with E-state index < -0.39 is 35.5 Å². The molecule has 2 aliphatic heterocycles. The molecule has 174 valence electrons. The Hall–Kier alpha value is -3.40. The molecule has 2 aromatic rings. The van der Waals surface area contributed by atoms with Crippen molar-refractivity contribution in [1.82, 2.24) is 4.90 Å². The van der Waals surface area contributed by atoms with Gasteiger partial charge in [-0.05, 0) is 44.2 Å². The van der Waals surface area contributed by atoms with Crippen LogP contribution in [0.1, 0.15) is 38.8 Å². The molecule has 3 amide bonds. The predicted molar refractivity (Wildman–Crippen MR) is 114 cm³/mol. The lowest BCUT2D eigenvalue weighted by Gasteiger charge is -2.31. The van der Waals surface area contributed by atoms with Crippen LogP contribution < -0.4 is 10.2 Å². The van der Waals surface area contributed by atoms with Gasteiger partial charge in [0.1, 0.15) is 6.04 Å². The van der Waals surface area contributed by atoms with E-state index in [1.807, 2.05) is 4.90 Å². The van der Waals surface area contributed by atoms with Gasteiger partial charge in [-0.2, -0.15) is 13.2 Å². The maximum absolute atomic E-state index is 13.3. The maximum atomic E-state index is 13.3. The van der Waals surface area contributed by atoms with Crippen molar-refractivity contribution >= 4 is 29.1 Å². The Morgan fingerprint density at radius 3 is 2.36 bits per heavy atom. The molecule has 0 radical (unpaired) electrons. The summed E-state index contributed by atoms with van der Waals surface area (Å²) < 4.78 is 45.3. The number of fused-ring (bicyclic) bond motifs is 1. The third-order valence-electron chi connectivity index (χ3n) is 5.77. The number of alkyl halides is 3. The zero-order chi connectivity index (χ0) is 23.9. The fraction of sp³-hybridized carbons (Fsp3) is 0.348. The van der Waals surface area contributed by atoms with Crippen LogP contribution in [0.2, 0.25) is 0 Å². The summed E-state index contributed by atoms with van der Waals surface area (Å²) in [6.07, 6.45) is -4.60. The van der Waals surface area contributed by atoms with Gasteiger partial charge in [-0.15, -0.1) is 0 Å². The second-order valence-corrected chi connectivity index (χ2v) is 8.02. The highest BCUT2D eigenvalue weighted by Gasteiger charge is 2.41. The Kier molecular flexibility index (Phi) is 5.87. The SMILES string of the molecule is Cc1ccc2c(c1)C(=O)N([C@@H](C)C(=O)Nc1cc(C(F)(F)F)ccc1N1CCOCC1)C2=O. The van der Waals surface area contributed by atoms with Crippen molar-refractivity contribution in [1.29, 1.82) is 0 Å². The van der Waals surface area contributed by atoms with E-state index in [4.69, 9.17) is 4.74 Å². The van der Waals surface area contributed by atoms with Gasteiger partial charge in [-0.25, -0.2) is 0 Å². The highest BCUT2D eigenvalue weighted by atomic mass is 19.4. The van der Waals surface area contributed by atoms with Crippen LogP contribution >= 0.6 is 0 Å². The number of benzene rings is 2. The van der Waals surface area contributed by atoms with Crippen molar-refractivity contribution < 1.29 is 32.3 Å². The number of nitrogens with one attached hydrogen (secondary N) is 1. The fourth-order valence-electron chi connectivity index (χ4n) is 3.97. The lowest BCUT2D eigenvalue weighted by Crippen LogP contribution is -2.45. The number of ether oxygens (including phenoxy) is 1. The summed E-state index contributed by atoms with van der Waals surface area (Å²) in [6, 6.07) is 6.68. The molecule has 0 aromatic heterocycles. The quantitative estimate of drug-likeness (QED) is 0.706. The predicted octanol–water partition coefficient (Wildman–Crippen LogP) is 3.47. The number of hydrogen-bond donors (Lipinski definition) is 1. The fourth-order valence-corrected chi connectivity index (χ4v) is 3.97. The molecule has 2 aromatic carbocycles. The minimum absolute atomic E-state index is 0.0453. The van der Waals surface area contributed by atoms with Crippen LogP contribution in [0, 0.1) is 6.92 Å². The van der Waals surface area contributed by atoms with Crippen molar-refractivity contribution in [3.8, 4) is 0 Å². The highest BCUT2D eigenvalue weighted by Crippen LogP contribution is 2.36. The maximum Gasteiger partial charge on any atom is 0.416 e. The standard InChI is InChI=1S/C23H22F3N3O4/c1-13-3-5-16-17(11-13)22(32)29(21(16)31)14(2)20(30)27-18-12-15(23(24,25)26)4-6-19(18)28-7-9-33-10-8-28/h3-6,11-12,14H,7-10H2,1-2H3,(H,27,30)/t14-/m0/s1. The average molecular weight is 461 g/mol. The molecule has 0 saturated carbocycles. The summed E-state index contributed by atoms with van der Waals surface area (Å²) in [6.45, 7) is 4.84. The normalized spacial score (nSPS) is 17.2. The topological polar surface area (TPSA) is 79.0 Å². The third kappa shape index (κ3) is 4.30. The van der Waals surface area contributed by atoms with Crippen LogP contribution in [0.4, 0.5) is 24.5 Å². The molecule has 1 fully saturated rings. The Balaban J connectivity index is 1.62. The molecule has 1 N–H and O–H groups in total. The molecular formula is C23H22F3N3O4. The monoisotopic (exact) mass is 461 g/mol. The van der Waals surface area contributed by atoms with Gasteiger partial charge in [-0.1, -0.05) is 11.6 Å². The zero-order valence-corrected chi connectivity index (χ0v) is 18.0. The number of imide groups is 1. The van der Waals surface area contributed by atoms with Crippen LogP contribution in [0.15, 0.2) is 36.4 Å². The molecule has 7 nitrogen and oxygen atoms in total. The number of amides is 3. The second-order valence-electron chi connectivity index (χ2n) is 8.02. The van der Waals surface area contributed by atoms with Gasteiger partial charge in [-0.3, -0.25) is 19.3 Å². The number of rotatable bonds is 4. The van der Waals surface area contributed by atoms with Gasteiger partial charge in [0, 0.05) is 13.1 Å². The lowest BCUT2D eigenvalue weighted by molar-refractivity contribution is -0.137. The van der Waals surface area contributed by atoms with E-state index >= 15 is 0 Å². The number of halogens is 3. The number of carbonyl (C=O) groups excluding carboxylic acids is 3. The van der Waals surface area contributed by atoms with Crippen molar-refractivity contribution in [3.05, 3.63) is 58.7 Å². The molecular weight excluding hydrogens is 439 g/mol. The van der Waals surface area contributed by atoms with Crippen LogP contribution in [0.5, 0.6) is 0 Å². The molecule has 4 rings (SSSR count). The summed E-state index contributed by atoms with van der Waals surface area (Å²) in [5.74, 6) is -2.00. The Morgan fingerprint density at radius 1 is 1.03 bits per heavy atom. The molecule has 1 saturated heterocycles. The van der Waals surface area contributed by atoms with E-state index in [0.29, 0.717) is 32.0 Å². The summed E-state index contributed by atoms with van der Waals surface area (Å²) in [5, 5.41) is 2.51. The summed E-state index contributed by atoms with van der Waals surface area (Å²) >= 11 is 0. The van der Waals surface area contributed by atoms with E-state index in [9.17, 15) is 27.6 Å². The number of hydrogen-bond acceptors (Lipinski definition) is 5. The summed E-state index contributed by atoms with van der Waals surface area (Å²) in [5.41, 5.74) is 0.624. The second kappa shape index (κ2) is 8.51. The molecule has 0 spiro atoms. The number of nitrogens with zero attached hydrogens (tertiary/aromatic N) is 2. The van der Waals surface area contributed by atoms with Crippen LogP contribution in [-0.4, -0.2) is 55.0 Å². The van der Waals surface area contributed by atoms with Crippen molar-refractivity contribution in [2.45, 2.75) is 26.1 Å². The molecule has 2 heterocycles. The zero-order valence-electron chi connectivity index (χ0n) is 18.0. The number of morpholine rings is 1. The van der Waals surface area contributed by atoms with Gasteiger partial charge in [0.25, 0.3) is 11.8 Å². The van der Waals surface area contributed by atoms with Crippen LogP contribution in [0.25, 0.3) is 0 Å². The van der Waals surface area contributed by atoms with Gasteiger partial charge in [0.2, 0.25) is 5.91 Å². The summed E-state index contributed by atoms with van der Waals surface area (Å²) in [4.78, 5) is 41.3. The van der Waals surface area contributed by atoms with Gasteiger partial charge >= 0.3 is 6.18 Å². The number of carbonyl (C=O) groups is 3. The minimum atomic E-state index is -4.60. The minimum Gasteiger partial charge on any atom is -0.378 e. The molecule has 1 atom stereocenters. The third-order valence-corrected chi connectivity index (χ3v) is 5.77. The Bertz CT molecular complexity index is 1130. The molecule has 0 unspecified atom stereocenters. The first-order valence-electron chi connectivity index (χ1n) is 10.4. The van der Waals surface area contributed by atoms with Crippen LogP contribution in [0.3, 0.4) is 0 Å². The first kappa shape index (κ1) is 22.8. The number of aryl methyl sites for hydroxylation is 1. The molecule has 33 heavy (non-hydrogen) atoms. The molecule has 2 aliphatic rings. The van der Waals surface area contributed by atoms with Gasteiger partial charge in [0.15, 0.2) is 0 Å². The Labute approximate surface area is 188 Å². The molecule has 0 aliphatic carbocycles. The van der Waals surface area contributed by atoms with E-state index in [1.165, 1.54) is 19.1 Å². The smallest absolute Gasteiger partial charge is 0.378 e. The highest BCUT2D eigenvalue weighted by molar-refractivity contribution is 6.23. The number of anilines is 2. The summed E-state index contributed by atoms with van der Waals surface area (Å²) in [7, 11) is 0. The Morgan fingerprint density at radius 2 is 1.70 bits per heavy atom. The van der Waals surface area contributed by atoms with E-state index in [2.05, 4.69) is 5.32 Å². The molecule has 0 bridgehead atoms. The van der Waals surface area contributed by atoms with Crippen LogP contribution in [-0.2, 0) is 15.7 Å². The average Bonchev–Trinajstić information content (AvgIpc) is 3.02. The van der Waals surface area contributed by atoms with E-state index in [0.717, 1.165) is 22.6 Å².